The summed E-state index contributed by atoms with van der Waals surface area (Å²) in [5, 5.41) is 9.46. The highest BCUT2D eigenvalue weighted by Crippen LogP contribution is 2.26. The third-order valence-electron chi connectivity index (χ3n) is 3.27. The maximum absolute atomic E-state index is 12.2. The number of hydrogen-bond acceptors (Lipinski definition) is 3. The number of carboxylic acid groups (broad SMARTS) is 1. The molecule has 96 valence electrons. The van der Waals surface area contributed by atoms with Gasteiger partial charge in [-0.3, -0.25) is 14.6 Å². The fourth-order valence-electron chi connectivity index (χ4n) is 2.23. The summed E-state index contributed by atoms with van der Waals surface area (Å²) in [6.07, 6.45) is 1.94. The molecule has 2 atom stereocenters. The summed E-state index contributed by atoms with van der Waals surface area (Å²) in [4.78, 5) is 28.7. The largest absolute Gasteiger partial charge is 0.481 e. The van der Waals surface area contributed by atoms with E-state index in [0.717, 1.165) is 0 Å². The van der Waals surface area contributed by atoms with E-state index < -0.39 is 11.9 Å². The predicted molar refractivity (Wildman–Crippen MR) is 65.5 cm³/mol. The van der Waals surface area contributed by atoms with Gasteiger partial charge >= 0.3 is 5.97 Å². The first kappa shape index (κ1) is 12.8. The molecule has 2 unspecified atom stereocenters. The minimum atomic E-state index is -0.864. The van der Waals surface area contributed by atoms with Crippen LogP contribution in [0.15, 0.2) is 18.3 Å². The lowest BCUT2D eigenvalue weighted by atomic mass is 10.0. The van der Waals surface area contributed by atoms with Crippen LogP contribution >= 0.6 is 11.6 Å². The molecule has 1 amide bonds. The molecule has 1 fully saturated rings. The molecule has 1 aromatic rings. The minimum Gasteiger partial charge on any atom is -0.481 e. The highest BCUT2D eigenvalue weighted by molar-refractivity contribution is 6.30. The quantitative estimate of drug-likeness (QED) is 0.886. The van der Waals surface area contributed by atoms with Crippen molar-refractivity contribution >= 4 is 23.5 Å². The minimum absolute atomic E-state index is 0.250. The summed E-state index contributed by atoms with van der Waals surface area (Å²) >= 11 is 5.81. The van der Waals surface area contributed by atoms with Crippen molar-refractivity contribution in [2.45, 2.75) is 19.4 Å². The Hall–Kier alpha value is -1.62. The van der Waals surface area contributed by atoms with Crippen molar-refractivity contribution in [2.24, 2.45) is 5.92 Å². The molecule has 18 heavy (non-hydrogen) atoms. The van der Waals surface area contributed by atoms with Crippen LogP contribution in [0.3, 0.4) is 0 Å². The van der Waals surface area contributed by atoms with E-state index in [1.165, 1.54) is 17.2 Å². The van der Waals surface area contributed by atoms with Crippen molar-refractivity contribution in [1.29, 1.82) is 0 Å². The summed E-state index contributed by atoms with van der Waals surface area (Å²) in [5.74, 6) is -1.64. The van der Waals surface area contributed by atoms with Crippen LogP contribution < -0.4 is 0 Å². The maximum Gasteiger partial charge on any atom is 0.308 e. The summed E-state index contributed by atoms with van der Waals surface area (Å²) in [7, 11) is 0. The maximum atomic E-state index is 12.2. The molecule has 2 heterocycles. The van der Waals surface area contributed by atoms with E-state index >= 15 is 0 Å². The fourth-order valence-corrected chi connectivity index (χ4v) is 2.39. The summed E-state index contributed by atoms with van der Waals surface area (Å²) in [5.41, 5.74) is 0.250. The summed E-state index contributed by atoms with van der Waals surface area (Å²) < 4.78 is 0. The highest BCUT2D eigenvalue weighted by atomic mass is 35.5. The van der Waals surface area contributed by atoms with Crippen molar-refractivity contribution in [2.75, 3.05) is 6.54 Å². The molecule has 1 aromatic heterocycles. The van der Waals surface area contributed by atoms with Crippen molar-refractivity contribution in [1.82, 2.24) is 9.88 Å². The molecule has 1 N–H and O–H groups in total. The molecular weight excluding hydrogens is 256 g/mol. The molecule has 0 aliphatic carbocycles. The number of aliphatic carboxylic acids is 1. The molecule has 2 rings (SSSR count). The number of nitrogens with zero attached hydrogens (tertiary/aromatic N) is 2. The SMILES string of the molecule is CC1C(C(=O)O)CCN1C(=O)c1cc(Cl)ccn1. The fraction of sp³-hybridized carbons (Fsp3) is 0.417. The molecule has 0 bridgehead atoms. The lowest BCUT2D eigenvalue weighted by Crippen LogP contribution is -2.38. The Kier molecular flexibility index (Phi) is 3.52. The molecular formula is C12H13ClN2O3. The molecule has 1 aliphatic heterocycles. The number of aromatic nitrogens is 1. The van der Waals surface area contributed by atoms with E-state index in [2.05, 4.69) is 4.98 Å². The number of carboxylic acids is 1. The van der Waals surface area contributed by atoms with Gasteiger partial charge in [-0.1, -0.05) is 11.6 Å². The van der Waals surface area contributed by atoms with Gasteiger partial charge in [0, 0.05) is 23.8 Å². The zero-order valence-electron chi connectivity index (χ0n) is 9.84. The number of hydrogen-bond donors (Lipinski definition) is 1. The molecule has 5 nitrogen and oxygen atoms in total. The van der Waals surface area contributed by atoms with Gasteiger partial charge in [-0.2, -0.15) is 0 Å². The van der Waals surface area contributed by atoms with Crippen molar-refractivity contribution in [3.63, 3.8) is 0 Å². The van der Waals surface area contributed by atoms with Crippen LogP contribution in [0.1, 0.15) is 23.8 Å². The summed E-state index contributed by atoms with van der Waals surface area (Å²) in [6.45, 7) is 2.18. The first-order valence-corrected chi connectivity index (χ1v) is 6.04. The monoisotopic (exact) mass is 268 g/mol. The van der Waals surface area contributed by atoms with Gasteiger partial charge in [0.2, 0.25) is 0 Å². The number of carbonyl (C=O) groups is 2. The first-order chi connectivity index (χ1) is 8.50. The smallest absolute Gasteiger partial charge is 0.308 e. The predicted octanol–water partition coefficient (Wildman–Crippen LogP) is 1.67. The van der Waals surface area contributed by atoms with E-state index in [0.29, 0.717) is 18.0 Å². The standard InChI is InChI=1S/C12H13ClN2O3/c1-7-9(12(17)18)3-5-15(7)11(16)10-6-8(13)2-4-14-10/h2,4,6-7,9H,3,5H2,1H3,(H,17,18). The Morgan fingerprint density at radius 1 is 1.56 bits per heavy atom. The molecule has 0 spiro atoms. The first-order valence-electron chi connectivity index (χ1n) is 5.66. The van der Waals surface area contributed by atoms with Crippen molar-refractivity contribution in [3.05, 3.63) is 29.0 Å². The Bertz CT molecular complexity index is 492. The van der Waals surface area contributed by atoms with Crippen molar-refractivity contribution in [3.8, 4) is 0 Å². The molecule has 1 aliphatic rings. The number of halogens is 1. The van der Waals surface area contributed by atoms with Gasteiger partial charge in [0.1, 0.15) is 5.69 Å². The number of likely N-dealkylation sites (tertiary alicyclic amines) is 1. The number of amides is 1. The van der Waals surface area contributed by atoms with E-state index in [1.807, 2.05) is 0 Å². The lowest BCUT2D eigenvalue weighted by molar-refractivity contribution is -0.142. The van der Waals surface area contributed by atoms with Gasteiger partial charge < -0.3 is 10.0 Å². The second-order valence-corrected chi connectivity index (χ2v) is 4.77. The highest BCUT2D eigenvalue weighted by Gasteiger charge is 2.38. The molecule has 6 heteroatoms. The zero-order valence-corrected chi connectivity index (χ0v) is 10.6. The molecule has 1 saturated heterocycles. The van der Waals surface area contributed by atoms with Crippen LogP contribution in [-0.4, -0.2) is 39.5 Å². The van der Waals surface area contributed by atoms with E-state index in [1.54, 1.807) is 13.0 Å². The number of rotatable bonds is 2. The van der Waals surface area contributed by atoms with Gasteiger partial charge in [0.25, 0.3) is 5.91 Å². The Balaban J connectivity index is 2.18. The van der Waals surface area contributed by atoms with Crippen LogP contribution in [0.5, 0.6) is 0 Å². The van der Waals surface area contributed by atoms with E-state index in [9.17, 15) is 9.59 Å². The average Bonchev–Trinajstić information content (AvgIpc) is 2.70. The second kappa shape index (κ2) is 4.94. The molecule has 0 radical (unpaired) electrons. The zero-order chi connectivity index (χ0) is 13.3. The molecule has 0 aromatic carbocycles. The Labute approximate surface area is 109 Å². The third kappa shape index (κ3) is 2.31. The van der Waals surface area contributed by atoms with Crippen LogP contribution in [0.25, 0.3) is 0 Å². The topological polar surface area (TPSA) is 70.5 Å². The van der Waals surface area contributed by atoms with Gasteiger partial charge in [0.05, 0.1) is 5.92 Å². The second-order valence-electron chi connectivity index (χ2n) is 4.33. The third-order valence-corrected chi connectivity index (χ3v) is 3.51. The number of pyridine rings is 1. The van der Waals surface area contributed by atoms with Crippen LogP contribution in [-0.2, 0) is 4.79 Å². The normalized spacial score (nSPS) is 23.1. The van der Waals surface area contributed by atoms with E-state index in [-0.39, 0.29) is 17.6 Å². The van der Waals surface area contributed by atoms with Crippen molar-refractivity contribution < 1.29 is 14.7 Å². The van der Waals surface area contributed by atoms with Gasteiger partial charge in [0.15, 0.2) is 0 Å². The van der Waals surface area contributed by atoms with Gasteiger partial charge in [-0.05, 0) is 25.5 Å². The summed E-state index contributed by atoms with van der Waals surface area (Å²) in [6, 6.07) is 2.76. The Morgan fingerprint density at radius 3 is 2.83 bits per heavy atom. The Morgan fingerprint density at radius 2 is 2.28 bits per heavy atom. The number of carbonyl (C=O) groups excluding carboxylic acids is 1. The van der Waals surface area contributed by atoms with Gasteiger partial charge in [-0.25, -0.2) is 0 Å². The van der Waals surface area contributed by atoms with E-state index in [4.69, 9.17) is 16.7 Å². The van der Waals surface area contributed by atoms with Crippen LogP contribution in [0.2, 0.25) is 5.02 Å². The lowest BCUT2D eigenvalue weighted by Gasteiger charge is -2.22. The molecule has 0 saturated carbocycles. The van der Waals surface area contributed by atoms with Gasteiger partial charge in [-0.15, -0.1) is 0 Å². The average molecular weight is 269 g/mol. The van der Waals surface area contributed by atoms with Crippen LogP contribution in [0, 0.1) is 5.92 Å². The van der Waals surface area contributed by atoms with Crippen LogP contribution in [0.4, 0.5) is 0 Å².